The van der Waals surface area contributed by atoms with Gasteiger partial charge in [-0.3, -0.25) is 5.10 Å². The summed E-state index contributed by atoms with van der Waals surface area (Å²) in [7, 11) is 0. The maximum absolute atomic E-state index is 4.71. The molecule has 0 amide bonds. The van der Waals surface area contributed by atoms with E-state index in [2.05, 4.69) is 22.4 Å². The van der Waals surface area contributed by atoms with Crippen LogP contribution in [-0.2, 0) is 11.8 Å². The van der Waals surface area contributed by atoms with Crippen molar-refractivity contribution in [3.8, 4) is 0 Å². The van der Waals surface area contributed by atoms with E-state index in [0.29, 0.717) is 0 Å². The first-order chi connectivity index (χ1) is 8.26. The molecule has 2 heterocycles. The maximum Gasteiger partial charge on any atom is 0.156 e. The van der Waals surface area contributed by atoms with Gasteiger partial charge < -0.3 is 5.32 Å². The van der Waals surface area contributed by atoms with Gasteiger partial charge in [-0.2, -0.15) is 5.10 Å². The minimum atomic E-state index is 0.267. The highest BCUT2D eigenvalue weighted by atomic mass is 15.2. The van der Waals surface area contributed by atoms with Gasteiger partial charge in [0.2, 0.25) is 0 Å². The molecule has 2 fully saturated rings. The van der Waals surface area contributed by atoms with Crippen molar-refractivity contribution in [1.29, 1.82) is 0 Å². The molecule has 0 radical (unpaired) electrons. The summed E-state index contributed by atoms with van der Waals surface area (Å²) in [6, 6.07) is 0. The second kappa shape index (κ2) is 4.41. The fourth-order valence-electron chi connectivity index (χ4n) is 2.95. The number of H-pyrrole nitrogens is 1. The fourth-order valence-corrected chi connectivity index (χ4v) is 2.95. The first-order valence-corrected chi connectivity index (χ1v) is 6.89. The largest absolute Gasteiger partial charge is 0.317 e. The Balaban J connectivity index is 1.63. The van der Waals surface area contributed by atoms with Crippen molar-refractivity contribution in [2.45, 2.75) is 50.9 Å². The van der Waals surface area contributed by atoms with Gasteiger partial charge in [-0.1, -0.05) is 13.3 Å². The molecule has 1 aromatic heterocycles. The number of hydrogen-bond donors (Lipinski definition) is 2. The van der Waals surface area contributed by atoms with Crippen LogP contribution in [0.3, 0.4) is 0 Å². The van der Waals surface area contributed by atoms with E-state index in [9.17, 15) is 0 Å². The van der Waals surface area contributed by atoms with Gasteiger partial charge in [0.15, 0.2) is 5.82 Å². The van der Waals surface area contributed by atoms with Crippen LogP contribution in [0.5, 0.6) is 0 Å². The van der Waals surface area contributed by atoms with Gasteiger partial charge in [0.25, 0.3) is 0 Å². The third-order valence-corrected chi connectivity index (χ3v) is 4.47. The third kappa shape index (κ3) is 2.23. The lowest BCUT2D eigenvalue weighted by Gasteiger charge is -2.35. The number of rotatable bonds is 3. The molecule has 1 aliphatic carbocycles. The van der Waals surface area contributed by atoms with E-state index in [1.54, 1.807) is 0 Å². The van der Waals surface area contributed by atoms with Crippen LogP contribution in [0.2, 0.25) is 0 Å². The number of hydrogen-bond acceptors (Lipinski definition) is 3. The van der Waals surface area contributed by atoms with Gasteiger partial charge in [0.05, 0.1) is 0 Å². The van der Waals surface area contributed by atoms with Gasteiger partial charge in [0, 0.05) is 11.8 Å². The highest BCUT2D eigenvalue weighted by molar-refractivity contribution is 5.11. The summed E-state index contributed by atoms with van der Waals surface area (Å²) in [6.07, 6.45) is 7.44. The Labute approximate surface area is 103 Å². The fraction of sp³-hybridized carbons (Fsp3) is 0.846. The zero-order valence-corrected chi connectivity index (χ0v) is 10.6. The van der Waals surface area contributed by atoms with Crippen molar-refractivity contribution >= 4 is 0 Å². The Bertz CT molecular complexity index is 375. The summed E-state index contributed by atoms with van der Waals surface area (Å²) >= 11 is 0. The van der Waals surface area contributed by atoms with Crippen LogP contribution < -0.4 is 5.32 Å². The first-order valence-electron chi connectivity index (χ1n) is 6.89. The zero-order chi connectivity index (χ0) is 11.7. The Morgan fingerprint density at radius 1 is 1.29 bits per heavy atom. The average Bonchev–Trinajstić information content (AvgIpc) is 2.76. The second-order valence-electron chi connectivity index (χ2n) is 5.92. The topological polar surface area (TPSA) is 53.6 Å². The van der Waals surface area contributed by atoms with Crippen molar-refractivity contribution in [3.05, 3.63) is 11.6 Å². The Morgan fingerprint density at radius 2 is 2.06 bits per heavy atom. The molecule has 4 nitrogen and oxygen atoms in total. The predicted octanol–water partition coefficient (Wildman–Crippen LogP) is 1.79. The van der Waals surface area contributed by atoms with E-state index in [1.807, 2.05) is 0 Å². The van der Waals surface area contributed by atoms with Crippen LogP contribution in [0.1, 0.15) is 50.7 Å². The van der Waals surface area contributed by atoms with E-state index in [0.717, 1.165) is 37.1 Å². The van der Waals surface area contributed by atoms with Crippen LogP contribution in [0.25, 0.3) is 0 Å². The molecule has 94 valence electrons. The van der Waals surface area contributed by atoms with Gasteiger partial charge in [-0.05, 0) is 44.7 Å². The van der Waals surface area contributed by atoms with Crippen LogP contribution in [0, 0.1) is 5.92 Å². The molecule has 1 aromatic rings. The standard InChI is InChI=1S/C13H22N4/c1-13(5-2-6-13)12-15-11(16-17-12)9-10-3-7-14-8-4-10/h10,14H,2-9H2,1H3,(H,15,16,17). The zero-order valence-electron chi connectivity index (χ0n) is 10.6. The van der Waals surface area contributed by atoms with Crippen LogP contribution >= 0.6 is 0 Å². The average molecular weight is 234 g/mol. The molecule has 1 saturated carbocycles. The molecule has 2 N–H and O–H groups in total. The quantitative estimate of drug-likeness (QED) is 0.838. The molecule has 0 spiro atoms. The lowest BCUT2D eigenvalue weighted by molar-refractivity contribution is 0.256. The smallest absolute Gasteiger partial charge is 0.156 e. The van der Waals surface area contributed by atoms with E-state index in [1.165, 1.54) is 32.1 Å². The third-order valence-electron chi connectivity index (χ3n) is 4.47. The molecule has 4 heteroatoms. The summed E-state index contributed by atoms with van der Waals surface area (Å²) in [6.45, 7) is 4.60. The molecule has 1 aliphatic heterocycles. The van der Waals surface area contributed by atoms with E-state index in [-0.39, 0.29) is 5.41 Å². The lowest BCUT2D eigenvalue weighted by Crippen LogP contribution is -2.31. The normalized spacial score (nSPS) is 24.5. The molecule has 0 aromatic carbocycles. The number of nitrogens with zero attached hydrogens (tertiary/aromatic N) is 2. The minimum Gasteiger partial charge on any atom is -0.317 e. The monoisotopic (exact) mass is 234 g/mol. The highest BCUT2D eigenvalue weighted by Crippen LogP contribution is 2.41. The number of aromatic nitrogens is 3. The van der Waals surface area contributed by atoms with Gasteiger partial charge in [0.1, 0.15) is 5.82 Å². The molecule has 0 bridgehead atoms. The highest BCUT2D eigenvalue weighted by Gasteiger charge is 2.37. The van der Waals surface area contributed by atoms with Crippen LogP contribution in [-0.4, -0.2) is 28.3 Å². The molecule has 1 saturated heterocycles. The summed E-state index contributed by atoms with van der Waals surface area (Å²) in [5, 5.41) is 11.0. The summed E-state index contributed by atoms with van der Waals surface area (Å²) in [4.78, 5) is 4.71. The molecule has 17 heavy (non-hydrogen) atoms. The first kappa shape index (κ1) is 11.2. The Kier molecular flexibility index (Phi) is 2.90. The summed E-state index contributed by atoms with van der Waals surface area (Å²) in [5.74, 6) is 2.93. The van der Waals surface area contributed by atoms with Crippen molar-refractivity contribution in [1.82, 2.24) is 20.5 Å². The summed E-state index contributed by atoms with van der Waals surface area (Å²) < 4.78 is 0. The Morgan fingerprint density at radius 3 is 2.71 bits per heavy atom. The Hall–Kier alpha value is -0.900. The number of aromatic amines is 1. The predicted molar refractivity (Wildman–Crippen MR) is 66.9 cm³/mol. The van der Waals surface area contributed by atoms with Crippen molar-refractivity contribution < 1.29 is 0 Å². The molecule has 3 rings (SSSR count). The van der Waals surface area contributed by atoms with E-state index in [4.69, 9.17) is 4.98 Å². The minimum absolute atomic E-state index is 0.267. The van der Waals surface area contributed by atoms with Gasteiger partial charge in [-0.15, -0.1) is 0 Å². The van der Waals surface area contributed by atoms with Crippen molar-refractivity contribution in [3.63, 3.8) is 0 Å². The molecule has 2 aliphatic rings. The van der Waals surface area contributed by atoms with E-state index >= 15 is 0 Å². The molecular weight excluding hydrogens is 212 g/mol. The van der Waals surface area contributed by atoms with Crippen LogP contribution in [0.15, 0.2) is 0 Å². The van der Waals surface area contributed by atoms with Crippen LogP contribution in [0.4, 0.5) is 0 Å². The van der Waals surface area contributed by atoms with E-state index < -0.39 is 0 Å². The SMILES string of the molecule is CC1(c2n[nH]c(CC3CCNCC3)n2)CCC1. The second-order valence-corrected chi connectivity index (χ2v) is 5.92. The summed E-state index contributed by atoms with van der Waals surface area (Å²) in [5.41, 5.74) is 0.267. The molecular formula is C13H22N4. The molecule has 0 unspecified atom stereocenters. The van der Waals surface area contributed by atoms with Crippen molar-refractivity contribution in [2.75, 3.05) is 13.1 Å². The van der Waals surface area contributed by atoms with Gasteiger partial charge >= 0.3 is 0 Å². The number of nitrogens with one attached hydrogen (secondary N) is 2. The lowest BCUT2D eigenvalue weighted by atomic mass is 9.70. The van der Waals surface area contributed by atoms with Gasteiger partial charge in [-0.25, -0.2) is 4.98 Å². The molecule has 0 atom stereocenters. The van der Waals surface area contributed by atoms with Crippen molar-refractivity contribution in [2.24, 2.45) is 5.92 Å². The number of piperidine rings is 1. The maximum atomic E-state index is 4.71.